The van der Waals surface area contributed by atoms with Crippen molar-refractivity contribution in [2.45, 2.75) is 57.8 Å². The number of hydrogen-bond donors (Lipinski definition) is 0. The van der Waals surface area contributed by atoms with E-state index in [9.17, 15) is 0 Å². The van der Waals surface area contributed by atoms with Crippen LogP contribution in [0.4, 0.5) is 34.1 Å². The maximum Gasteiger partial charge on any atom is 0.145 e. The summed E-state index contributed by atoms with van der Waals surface area (Å²) in [6.45, 7) is 12.3. The fourth-order valence-corrected chi connectivity index (χ4v) is 17.2. The first-order valence-corrected chi connectivity index (χ1v) is 44.3. The van der Waals surface area contributed by atoms with E-state index in [0.717, 1.165) is 173 Å². The van der Waals surface area contributed by atoms with E-state index in [2.05, 4.69) is 548 Å². The molecule has 3 aliphatic carbocycles. The van der Waals surface area contributed by atoms with Crippen LogP contribution in [0.3, 0.4) is 0 Å². The number of aromatic nitrogens is 2. The predicted octanol–water partition coefficient (Wildman–Crippen LogP) is 23.5. The lowest BCUT2D eigenvalue weighted by molar-refractivity contribution is 0.913. The number of terminal acetylenes is 6. The van der Waals surface area contributed by atoms with Crippen molar-refractivity contribution in [2.75, 3.05) is 9.80 Å². The van der Waals surface area contributed by atoms with Gasteiger partial charge in [0.25, 0.3) is 0 Å². The molecule has 0 aliphatic heterocycles. The van der Waals surface area contributed by atoms with Crippen molar-refractivity contribution in [3.05, 3.63) is 346 Å². The quantitative estimate of drug-likeness (QED) is 0.135. The fourth-order valence-electron chi connectivity index (χ4n) is 16.6. The third-order valence-corrected chi connectivity index (χ3v) is 23.3. The highest BCUT2D eigenvalue weighted by molar-refractivity contribution is 7.00. The van der Waals surface area contributed by atoms with Crippen molar-refractivity contribution in [1.82, 2.24) is 8.75 Å². The molecule has 0 atom stereocenters. The number of para-hydroxylation sites is 2. The summed E-state index contributed by atoms with van der Waals surface area (Å²) in [5.41, 5.74) is 30.5. The van der Waals surface area contributed by atoms with Crippen LogP contribution in [0.2, 0.25) is 0 Å². The van der Waals surface area contributed by atoms with Crippen molar-refractivity contribution in [3.8, 4) is 354 Å². The van der Waals surface area contributed by atoms with E-state index in [1.807, 2.05) is 39.8 Å². The first-order valence-electron chi connectivity index (χ1n) is 43.6. The molecule has 0 amide bonds. The van der Waals surface area contributed by atoms with E-state index in [1.165, 1.54) is 17.3 Å². The molecule has 636 valence electrons. The zero-order valence-corrected chi connectivity index (χ0v) is 77.5. The molecule has 14 aromatic rings. The molecular formula is C135H70N4S. The maximum atomic E-state index is 5.30. The van der Waals surface area contributed by atoms with E-state index in [1.54, 1.807) is 0 Å². The summed E-state index contributed by atoms with van der Waals surface area (Å²) in [6.07, 6.45) is 31.2. The molecule has 0 N–H and O–H groups in total. The monoisotopic (exact) mass is 1780 g/mol. The normalized spacial score (nSPS) is 10.6. The Morgan fingerprint density at radius 3 is 0.729 bits per heavy atom. The highest BCUT2D eigenvalue weighted by Gasteiger charge is 2.45. The van der Waals surface area contributed by atoms with Crippen LogP contribution >= 0.6 is 11.7 Å². The van der Waals surface area contributed by atoms with Crippen LogP contribution in [0, 0.1) is 329 Å². The van der Waals surface area contributed by atoms with Crippen molar-refractivity contribution in [1.29, 1.82) is 0 Å². The largest absolute Gasteiger partial charge is 0.311 e. The Morgan fingerprint density at radius 1 is 0.200 bits per heavy atom. The molecule has 13 aromatic carbocycles. The molecule has 5 heteroatoms. The summed E-state index contributed by atoms with van der Waals surface area (Å²) in [6, 6.07) is 98.1. The second kappa shape index (κ2) is 44.6. The van der Waals surface area contributed by atoms with Gasteiger partial charge in [0.05, 0.1) is 11.7 Å². The Hall–Kier alpha value is -21.3. The van der Waals surface area contributed by atoms with E-state index < -0.39 is 16.2 Å². The molecule has 0 radical (unpaired) electrons. The number of fused-ring (bicyclic) bond motifs is 10. The topological polar surface area (TPSA) is 32.3 Å². The van der Waals surface area contributed by atoms with Gasteiger partial charge in [-0.3, -0.25) is 0 Å². The number of nitrogens with zero attached hydrogens (tertiary/aromatic N) is 4. The van der Waals surface area contributed by atoms with Gasteiger partial charge < -0.3 is 9.80 Å². The Morgan fingerprint density at radius 2 is 0.421 bits per heavy atom. The van der Waals surface area contributed by atoms with Gasteiger partial charge in [0.1, 0.15) is 27.3 Å². The van der Waals surface area contributed by atoms with Gasteiger partial charge in [0, 0.05) is 39.7 Å². The summed E-state index contributed by atoms with van der Waals surface area (Å²) in [4.78, 5) is 4.56. The molecule has 0 spiro atoms. The number of rotatable bonds is 9. The Labute approximate surface area is 826 Å². The van der Waals surface area contributed by atoms with Gasteiger partial charge in [-0.05, 0) is 440 Å². The minimum atomic E-state index is -1.04. The second-order valence-corrected chi connectivity index (χ2v) is 32.1. The summed E-state index contributed by atoms with van der Waals surface area (Å²) in [7, 11) is 0. The Kier molecular flexibility index (Phi) is 29.7. The third kappa shape index (κ3) is 20.9. The second-order valence-electron chi connectivity index (χ2n) is 31.5. The standard InChI is InChI=1S/C67H40N2.C37H16N2S.C31H14/c1-5-7-9-11-13-21-47-67(48-22-14-12-10-8-6-2)65-49-52(4)29-45-63(65)64-46-36-56(50-66(64)67)55-34-43-62(44-35-55)69(58-25-19-16-20-26-58)61-41-32-54(33-42-61)53-30-39-60(40-31-53)68(57-23-17-15-18-24-57)59-37-27-51(3)28-38-59;1-5-7-9-11-13-15-23-37(24-16-14-12-10-8-6-2)33-25-27(3)17-20-31(33)32-22-19-29(26-34(32)37)30-21-18-28(4)35-36(30)39-40-38-35;1-5-7-9-11-13-15-21-31(22-16-14-12-10-8-6-2)29-23-25(3)17-19-27(29)28-20-18-26(4)24-30(28)31/h1-2,15-20,23-46,49-50H,3-4H3;1-2,17-22,25-26H,3-4H3;1-2,17-20,23-24H,3-4H3. The van der Waals surface area contributed by atoms with Crippen molar-refractivity contribution in [3.63, 3.8) is 0 Å². The number of anilines is 6. The van der Waals surface area contributed by atoms with Crippen LogP contribution < -0.4 is 9.80 Å². The molecule has 4 nitrogen and oxygen atoms in total. The summed E-state index contributed by atoms with van der Waals surface area (Å²) in [5, 5.41) is 0. The SMILES string of the molecule is C#CC#CC#CC#CC1(C#CC#CC#CC#C)c2cc(C)ccc2-c2ccc(-c3ccc(C)c4nsnc34)cc21.C#CC#CC#CC#CC1(C#CC#CC#CC#C)c2cc(C)ccc2-c2ccc(-c3ccc(N(c4ccccc4)c4ccc(-c5ccc(N(c6ccccc6)c6ccc(C)cc6)cc5)cc4)cc3)cc21.C#CC#CC#CC#CC1(C#CC#CC#CC#C)c2cc(C)ccc2-c2ccc(C)cc21. The molecule has 1 aromatic heterocycles. The van der Waals surface area contributed by atoms with Crippen LogP contribution in [-0.4, -0.2) is 8.75 Å². The summed E-state index contributed by atoms with van der Waals surface area (Å²) in [5.74, 6) is 115. The van der Waals surface area contributed by atoms with Crippen LogP contribution in [0.25, 0.3) is 77.8 Å². The van der Waals surface area contributed by atoms with Crippen LogP contribution in [0.15, 0.2) is 279 Å². The van der Waals surface area contributed by atoms with Gasteiger partial charge in [0.2, 0.25) is 0 Å². The minimum Gasteiger partial charge on any atom is -0.311 e. The van der Waals surface area contributed by atoms with Crippen LogP contribution in [-0.2, 0) is 16.2 Å². The average Bonchev–Trinajstić information content (AvgIpc) is 1.57. The summed E-state index contributed by atoms with van der Waals surface area (Å²) >= 11 is 1.21. The lowest BCUT2D eigenvalue weighted by Gasteiger charge is -2.26. The molecule has 0 fully saturated rings. The van der Waals surface area contributed by atoms with Crippen molar-refractivity contribution < 1.29 is 0 Å². The van der Waals surface area contributed by atoms with Crippen LogP contribution in [0.1, 0.15) is 66.8 Å². The molecular weight excluding hydrogens is 1710 g/mol. The van der Waals surface area contributed by atoms with E-state index >= 15 is 0 Å². The van der Waals surface area contributed by atoms with Gasteiger partial charge >= 0.3 is 0 Å². The molecule has 0 saturated heterocycles. The van der Waals surface area contributed by atoms with Gasteiger partial charge in [-0.2, -0.15) is 8.75 Å². The smallest absolute Gasteiger partial charge is 0.145 e. The molecule has 140 heavy (non-hydrogen) atoms. The molecule has 17 rings (SSSR count). The zero-order chi connectivity index (χ0) is 97.5. The highest BCUT2D eigenvalue weighted by Crippen LogP contribution is 2.54. The number of aryl methyl sites for hydroxylation is 6. The molecule has 0 saturated carbocycles. The Balaban J connectivity index is 0.000000176. The average molecular weight is 1780 g/mol. The summed E-state index contributed by atoms with van der Waals surface area (Å²) < 4.78 is 9.09. The number of benzene rings is 13. The third-order valence-electron chi connectivity index (χ3n) is 22.8. The van der Waals surface area contributed by atoms with Gasteiger partial charge in [-0.1, -0.05) is 257 Å². The van der Waals surface area contributed by atoms with E-state index in [0.29, 0.717) is 0 Å². The van der Waals surface area contributed by atoms with Crippen molar-refractivity contribution in [2.24, 2.45) is 0 Å². The fraction of sp³-hybridized carbons (Fsp3) is 0.0667. The van der Waals surface area contributed by atoms with Crippen molar-refractivity contribution >= 4 is 56.9 Å². The minimum absolute atomic E-state index is 0.870. The van der Waals surface area contributed by atoms with Gasteiger partial charge in [0.15, 0.2) is 0 Å². The van der Waals surface area contributed by atoms with E-state index in [-0.39, 0.29) is 0 Å². The first kappa shape index (κ1) is 93.4. The number of hydrogen-bond acceptors (Lipinski definition) is 5. The van der Waals surface area contributed by atoms with Gasteiger partial charge in [-0.15, -0.1) is 38.5 Å². The molecule has 3 aliphatic rings. The molecule has 1 heterocycles. The van der Waals surface area contributed by atoms with E-state index in [4.69, 9.17) is 38.5 Å². The Bertz CT molecular complexity index is 8800. The van der Waals surface area contributed by atoms with Gasteiger partial charge in [-0.25, -0.2) is 0 Å². The first-order chi connectivity index (χ1) is 68.7. The molecule has 0 bridgehead atoms. The maximum absolute atomic E-state index is 5.30. The predicted molar refractivity (Wildman–Crippen MR) is 576 cm³/mol. The molecule has 0 unspecified atom stereocenters. The lowest BCUT2D eigenvalue weighted by atomic mass is 9.78. The lowest BCUT2D eigenvalue weighted by Crippen LogP contribution is -2.21. The van der Waals surface area contributed by atoms with Crippen LogP contribution in [0.5, 0.6) is 0 Å². The highest BCUT2D eigenvalue weighted by atomic mass is 32.1. The zero-order valence-electron chi connectivity index (χ0n) is 76.7.